The number of benzene rings is 3. The second-order valence-corrected chi connectivity index (χ2v) is 8.95. The molecule has 0 bridgehead atoms. The maximum Gasteiger partial charge on any atom is 0.351 e. The van der Waals surface area contributed by atoms with Gasteiger partial charge in [-0.15, -0.1) is 0 Å². The molecule has 0 aliphatic heterocycles. The second-order valence-electron chi connectivity index (χ2n) is 8.52. The summed E-state index contributed by atoms with van der Waals surface area (Å²) in [5.41, 5.74) is 2.02. The highest BCUT2D eigenvalue weighted by molar-refractivity contribution is 6.30. The topological polar surface area (TPSA) is 54.0 Å². The highest BCUT2D eigenvalue weighted by atomic mass is 35.5. The van der Waals surface area contributed by atoms with E-state index in [4.69, 9.17) is 30.5 Å². The van der Waals surface area contributed by atoms with Gasteiger partial charge in [-0.25, -0.2) is 4.79 Å². The first-order valence-electron chi connectivity index (χ1n) is 10.7. The molecule has 1 atom stereocenters. The third-order valence-corrected chi connectivity index (χ3v) is 5.26. The Morgan fingerprint density at radius 1 is 0.788 bits per heavy atom. The van der Waals surface area contributed by atoms with Gasteiger partial charge in [-0.3, -0.25) is 0 Å². The van der Waals surface area contributed by atoms with Crippen LogP contribution < -0.4 is 14.2 Å². The van der Waals surface area contributed by atoms with Crippen LogP contribution in [0.1, 0.15) is 38.0 Å². The first-order chi connectivity index (χ1) is 15.8. The van der Waals surface area contributed by atoms with Crippen molar-refractivity contribution in [3.63, 3.8) is 0 Å². The van der Waals surface area contributed by atoms with Crippen LogP contribution in [0, 0.1) is 0 Å². The third kappa shape index (κ3) is 7.16. The van der Waals surface area contributed by atoms with Crippen molar-refractivity contribution in [1.82, 2.24) is 0 Å². The van der Waals surface area contributed by atoms with E-state index in [9.17, 15) is 4.79 Å². The molecular formula is C27H29ClO5. The van der Waals surface area contributed by atoms with Crippen LogP contribution in [0.2, 0.25) is 5.02 Å². The number of carbonyl (C=O) groups is 1. The van der Waals surface area contributed by atoms with Crippen LogP contribution >= 0.6 is 11.6 Å². The third-order valence-electron chi connectivity index (χ3n) is 5.01. The summed E-state index contributed by atoms with van der Waals surface area (Å²) in [6, 6.07) is 22.0. The van der Waals surface area contributed by atoms with Gasteiger partial charge in [-0.05, 0) is 59.5 Å². The van der Waals surface area contributed by atoms with Crippen molar-refractivity contribution in [2.45, 2.75) is 32.3 Å². The SMILES string of the molecule is COC(=O)C(Oc1ccc(Cl)cc1)c1ccc(OCCOc2ccc(C(C)(C)C)cc2)cc1. The van der Waals surface area contributed by atoms with Gasteiger partial charge in [0.25, 0.3) is 0 Å². The van der Waals surface area contributed by atoms with Crippen molar-refractivity contribution in [2.75, 3.05) is 20.3 Å². The molecule has 3 aromatic carbocycles. The van der Waals surface area contributed by atoms with Gasteiger partial charge in [-0.1, -0.05) is 56.6 Å². The Labute approximate surface area is 200 Å². The number of methoxy groups -OCH3 is 1. The highest BCUT2D eigenvalue weighted by Crippen LogP contribution is 2.27. The van der Waals surface area contributed by atoms with E-state index in [0.717, 1.165) is 5.75 Å². The van der Waals surface area contributed by atoms with E-state index in [0.29, 0.717) is 35.3 Å². The van der Waals surface area contributed by atoms with E-state index in [2.05, 4.69) is 32.9 Å². The molecule has 0 saturated heterocycles. The molecule has 0 spiro atoms. The molecular weight excluding hydrogens is 440 g/mol. The molecule has 0 aliphatic carbocycles. The fourth-order valence-corrected chi connectivity index (χ4v) is 3.24. The molecule has 0 N–H and O–H groups in total. The maximum atomic E-state index is 12.3. The average molecular weight is 469 g/mol. The molecule has 33 heavy (non-hydrogen) atoms. The summed E-state index contributed by atoms with van der Waals surface area (Å²) >= 11 is 5.91. The molecule has 6 heteroatoms. The number of hydrogen-bond acceptors (Lipinski definition) is 5. The summed E-state index contributed by atoms with van der Waals surface area (Å²) in [7, 11) is 1.33. The zero-order valence-electron chi connectivity index (χ0n) is 19.3. The van der Waals surface area contributed by atoms with E-state index in [1.807, 2.05) is 12.1 Å². The van der Waals surface area contributed by atoms with E-state index in [-0.39, 0.29) is 5.41 Å². The van der Waals surface area contributed by atoms with Crippen molar-refractivity contribution in [2.24, 2.45) is 0 Å². The van der Waals surface area contributed by atoms with Gasteiger partial charge in [0.2, 0.25) is 6.10 Å². The highest BCUT2D eigenvalue weighted by Gasteiger charge is 2.23. The minimum absolute atomic E-state index is 0.112. The van der Waals surface area contributed by atoms with Crippen LogP contribution in [-0.2, 0) is 14.9 Å². The Balaban J connectivity index is 1.53. The lowest BCUT2D eigenvalue weighted by Gasteiger charge is -2.19. The Kier molecular flexibility index (Phi) is 8.23. The van der Waals surface area contributed by atoms with Gasteiger partial charge in [0.15, 0.2) is 0 Å². The molecule has 3 aromatic rings. The normalized spacial score (nSPS) is 12.0. The van der Waals surface area contributed by atoms with Crippen molar-refractivity contribution in [3.8, 4) is 17.2 Å². The minimum Gasteiger partial charge on any atom is -0.490 e. The Morgan fingerprint density at radius 3 is 1.76 bits per heavy atom. The van der Waals surface area contributed by atoms with Crippen molar-refractivity contribution < 1.29 is 23.7 Å². The van der Waals surface area contributed by atoms with Gasteiger partial charge in [0.05, 0.1) is 7.11 Å². The molecule has 3 rings (SSSR count). The lowest BCUT2D eigenvalue weighted by molar-refractivity contribution is -0.149. The summed E-state index contributed by atoms with van der Waals surface area (Å²) in [5.74, 6) is 1.50. The fraction of sp³-hybridized carbons (Fsp3) is 0.296. The molecule has 1 unspecified atom stereocenters. The minimum atomic E-state index is -0.898. The molecule has 0 aromatic heterocycles. The van der Waals surface area contributed by atoms with E-state index < -0.39 is 12.1 Å². The first kappa shape index (κ1) is 24.5. The smallest absolute Gasteiger partial charge is 0.351 e. The summed E-state index contributed by atoms with van der Waals surface area (Å²) in [6.45, 7) is 7.35. The zero-order valence-corrected chi connectivity index (χ0v) is 20.1. The van der Waals surface area contributed by atoms with Gasteiger partial charge < -0.3 is 18.9 Å². The molecule has 0 fully saturated rings. The molecule has 0 radical (unpaired) electrons. The van der Waals surface area contributed by atoms with Crippen LogP contribution in [-0.4, -0.2) is 26.3 Å². The lowest BCUT2D eigenvalue weighted by Crippen LogP contribution is -2.20. The predicted octanol–water partition coefficient (Wildman–Crippen LogP) is 6.39. The molecule has 0 amide bonds. The van der Waals surface area contributed by atoms with E-state index >= 15 is 0 Å². The predicted molar refractivity (Wildman–Crippen MR) is 129 cm³/mol. The molecule has 0 aliphatic rings. The Hall–Kier alpha value is -3.18. The molecule has 0 heterocycles. The van der Waals surface area contributed by atoms with Crippen LogP contribution in [0.15, 0.2) is 72.8 Å². The number of rotatable bonds is 9. The average Bonchev–Trinajstić information content (AvgIpc) is 2.81. The molecule has 174 valence electrons. The fourth-order valence-electron chi connectivity index (χ4n) is 3.12. The summed E-state index contributed by atoms with van der Waals surface area (Å²) in [5, 5.41) is 0.587. The lowest BCUT2D eigenvalue weighted by atomic mass is 9.87. The van der Waals surface area contributed by atoms with E-state index in [1.165, 1.54) is 12.7 Å². The number of hydrogen-bond donors (Lipinski definition) is 0. The van der Waals surface area contributed by atoms with Gasteiger partial charge in [0.1, 0.15) is 30.5 Å². The van der Waals surface area contributed by atoms with Gasteiger partial charge in [-0.2, -0.15) is 0 Å². The quantitative estimate of drug-likeness (QED) is 0.269. The first-order valence-corrected chi connectivity index (χ1v) is 11.1. The van der Waals surface area contributed by atoms with Crippen LogP contribution in [0.4, 0.5) is 0 Å². The van der Waals surface area contributed by atoms with Gasteiger partial charge >= 0.3 is 5.97 Å². The monoisotopic (exact) mass is 468 g/mol. The van der Waals surface area contributed by atoms with Crippen molar-refractivity contribution in [3.05, 3.63) is 88.9 Å². The largest absolute Gasteiger partial charge is 0.490 e. The summed E-state index contributed by atoms with van der Waals surface area (Å²) in [4.78, 5) is 12.3. The summed E-state index contributed by atoms with van der Waals surface area (Å²) < 4.78 is 22.3. The van der Waals surface area contributed by atoms with Crippen LogP contribution in [0.5, 0.6) is 17.2 Å². The number of halogens is 1. The Bertz CT molecular complexity index is 1020. The number of carbonyl (C=O) groups excluding carboxylic acids is 1. The van der Waals surface area contributed by atoms with Crippen molar-refractivity contribution in [1.29, 1.82) is 0 Å². The molecule has 5 nitrogen and oxygen atoms in total. The standard InChI is InChI=1S/C27H29ClO5/c1-27(2,3)20-7-13-23(14-8-20)32-18-17-31-22-11-5-19(6-12-22)25(26(29)30-4)33-24-15-9-21(28)10-16-24/h5-16,25H,17-18H2,1-4H3. The Morgan fingerprint density at radius 2 is 1.27 bits per heavy atom. The zero-order chi connectivity index (χ0) is 23.8. The second kappa shape index (κ2) is 11.1. The number of esters is 1. The van der Waals surface area contributed by atoms with Crippen LogP contribution in [0.3, 0.4) is 0 Å². The van der Waals surface area contributed by atoms with E-state index in [1.54, 1.807) is 48.5 Å². The maximum absolute atomic E-state index is 12.3. The summed E-state index contributed by atoms with van der Waals surface area (Å²) in [6.07, 6.45) is -0.898. The van der Waals surface area contributed by atoms with Crippen molar-refractivity contribution >= 4 is 17.6 Å². The van der Waals surface area contributed by atoms with Crippen LogP contribution in [0.25, 0.3) is 0 Å². The molecule has 0 saturated carbocycles. The number of ether oxygens (including phenoxy) is 4. The van der Waals surface area contributed by atoms with Gasteiger partial charge in [0, 0.05) is 10.6 Å².